The number of fused-ring (bicyclic) bond motifs is 1. The van der Waals surface area contributed by atoms with Gasteiger partial charge >= 0.3 is 0 Å². The minimum atomic E-state index is -3.61. The lowest BCUT2D eigenvalue weighted by Crippen LogP contribution is -2.25. The van der Waals surface area contributed by atoms with Crippen molar-refractivity contribution in [3.05, 3.63) is 34.9 Å². The van der Waals surface area contributed by atoms with Crippen molar-refractivity contribution in [2.24, 2.45) is 0 Å². The smallest absolute Gasteiger partial charge is 0.270 e. The fourth-order valence-corrected chi connectivity index (χ4v) is 3.48. The number of hydrogen-bond donors (Lipinski definition) is 1. The quantitative estimate of drug-likeness (QED) is 0.821. The Morgan fingerprint density at radius 3 is 2.90 bits per heavy atom. The van der Waals surface area contributed by atoms with Crippen molar-refractivity contribution >= 4 is 16.0 Å². The van der Waals surface area contributed by atoms with Gasteiger partial charge < -0.3 is 10.1 Å². The summed E-state index contributed by atoms with van der Waals surface area (Å²) in [4.78, 5) is 11.6. The number of carbonyl (C=O) groups is 1. The summed E-state index contributed by atoms with van der Waals surface area (Å²) in [6, 6.07) is 5.22. The molecule has 6 nitrogen and oxygen atoms in total. The van der Waals surface area contributed by atoms with Crippen LogP contribution in [0.3, 0.4) is 0 Å². The van der Waals surface area contributed by atoms with Gasteiger partial charge in [-0.2, -0.15) is 8.42 Å². The molecule has 1 amide bonds. The number of ether oxygens (including phenoxy) is 1. The molecule has 1 atom stereocenters. The van der Waals surface area contributed by atoms with Crippen molar-refractivity contribution in [1.29, 1.82) is 0 Å². The molecule has 2 rings (SSSR count). The van der Waals surface area contributed by atoms with E-state index in [4.69, 9.17) is 8.92 Å². The zero-order valence-corrected chi connectivity index (χ0v) is 12.9. The molecule has 7 heteroatoms. The number of hydrogen-bond acceptors (Lipinski definition) is 5. The van der Waals surface area contributed by atoms with Gasteiger partial charge in [0.2, 0.25) is 0 Å². The van der Waals surface area contributed by atoms with Gasteiger partial charge in [-0.15, -0.1) is 0 Å². The van der Waals surface area contributed by atoms with Crippen LogP contribution in [-0.4, -0.2) is 40.3 Å². The number of rotatable bonds is 5. The number of amides is 1. The summed E-state index contributed by atoms with van der Waals surface area (Å²) in [5.74, 6) is -0.379. The van der Waals surface area contributed by atoms with Gasteiger partial charge in [-0.25, -0.2) is 0 Å². The Kier molecular flexibility index (Phi) is 4.97. The van der Waals surface area contributed by atoms with Crippen LogP contribution >= 0.6 is 0 Å². The summed E-state index contributed by atoms with van der Waals surface area (Å²) in [5, 5.41) is 2.57. The lowest BCUT2D eigenvalue weighted by molar-refractivity contribution is 0.0559. The number of benzene rings is 1. The summed E-state index contributed by atoms with van der Waals surface area (Å²) in [5.41, 5.74) is 2.31. The zero-order valence-electron chi connectivity index (χ0n) is 12.1. The summed E-state index contributed by atoms with van der Waals surface area (Å²) in [6.45, 7) is 2.16. The van der Waals surface area contributed by atoms with E-state index in [1.807, 2.05) is 0 Å². The molecule has 0 aromatic heterocycles. The molecule has 1 aliphatic rings. The van der Waals surface area contributed by atoms with Gasteiger partial charge in [0.25, 0.3) is 16.0 Å². The second-order valence-corrected chi connectivity index (χ2v) is 6.42. The normalized spacial score (nSPS) is 18.1. The average molecular weight is 313 g/mol. The van der Waals surface area contributed by atoms with Crippen LogP contribution in [0.1, 0.15) is 34.5 Å². The molecule has 1 N–H and O–H groups in total. The Morgan fingerprint density at radius 2 is 2.24 bits per heavy atom. The van der Waals surface area contributed by atoms with E-state index in [2.05, 4.69) is 5.32 Å². The highest BCUT2D eigenvalue weighted by molar-refractivity contribution is 7.86. The third-order valence-corrected chi connectivity index (χ3v) is 4.63. The second kappa shape index (κ2) is 6.55. The first kappa shape index (κ1) is 15.9. The molecule has 0 fully saturated rings. The summed E-state index contributed by atoms with van der Waals surface area (Å²) in [6.07, 6.45) is 0.106. The largest absolute Gasteiger partial charge is 0.372 e. The predicted octanol–water partition coefficient (Wildman–Crippen LogP) is 1.03. The topological polar surface area (TPSA) is 81.7 Å². The van der Waals surface area contributed by atoms with Crippen LogP contribution in [0.2, 0.25) is 0 Å². The van der Waals surface area contributed by atoms with E-state index in [-0.39, 0.29) is 18.3 Å². The van der Waals surface area contributed by atoms with E-state index in [0.717, 1.165) is 11.1 Å². The fourth-order valence-electron chi connectivity index (χ4n) is 2.37. The van der Waals surface area contributed by atoms with Crippen LogP contribution < -0.4 is 5.32 Å². The third kappa shape index (κ3) is 3.81. The zero-order chi connectivity index (χ0) is 15.5. The molecule has 116 valence electrons. The summed E-state index contributed by atoms with van der Waals surface area (Å²) < 4.78 is 33.8. The Bertz CT molecular complexity index is 626. The van der Waals surface area contributed by atoms with Crippen molar-refractivity contribution in [2.45, 2.75) is 19.4 Å². The minimum Gasteiger partial charge on any atom is -0.372 e. The van der Waals surface area contributed by atoms with Gasteiger partial charge in [-0.3, -0.25) is 8.98 Å². The van der Waals surface area contributed by atoms with Gasteiger partial charge in [-0.05, 0) is 36.6 Å². The molecule has 0 spiro atoms. The van der Waals surface area contributed by atoms with E-state index in [0.29, 0.717) is 18.6 Å². The molecule has 0 bridgehead atoms. The van der Waals surface area contributed by atoms with Gasteiger partial charge in [-0.1, -0.05) is 6.07 Å². The van der Waals surface area contributed by atoms with E-state index in [9.17, 15) is 13.2 Å². The monoisotopic (exact) mass is 313 g/mol. The van der Waals surface area contributed by atoms with Crippen LogP contribution in [0.15, 0.2) is 18.2 Å². The van der Waals surface area contributed by atoms with E-state index in [1.54, 1.807) is 32.2 Å². The van der Waals surface area contributed by atoms with Crippen molar-refractivity contribution in [3.63, 3.8) is 0 Å². The molecular weight excluding hydrogens is 294 g/mol. The van der Waals surface area contributed by atoms with Crippen LogP contribution in [0, 0.1) is 0 Å². The first-order chi connectivity index (χ1) is 9.96. The molecule has 21 heavy (non-hydrogen) atoms. The van der Waals surface area contributed by atoms with Crippen LogP contribution in [0.4, 0.5) is 0 Å². The Hall–Kier alpha value is -1.44. The predicted molar refractivity (Wildman–Crippen MR) is 77.6 cm³/mol. The first-order valence-electron chi connectivity index (χ1n) is 6.80. The maximum Gasteiger partial charge on any atom is 0.270 e. The van der Waals surface area contributed by atoms with Crippen molar-refractivity contribution < 1.29 is 22.1 Å². The molecule has 1 unspecified atom stereocenters. The lowest BCUT2D eigenvalue weighted by atomic mass is 9.96. The van der Waals surface area contributed by atoms with Gasteiger partial charge in [0.1, 0.15) is 5.75 Å². The highest BCUT2D eigenvalue weighted by Crippen LogP contribution is 2.29. The first-order valence-corrected chi connectivity index (χ1v) is 8.38. The molecule has 1 aromatic carbocycles. The van der Waals surface area contributed by atoms with Gasteiger partial charge in [0.05, 0.1) is 19.3 Å². The summed E-state index contributed by atoms with van der Waals surface area (Å²) in [7, 11) is -2.04. The van der Waals surface area contributed by atoms with Crippen LogP contribution in [0.25, 0.3) is 0 Å². The molecular formula is C14H19NO5S. The van der Waals surface area contributed by atoms with Crippen molar-refractivity contribution in [3.8, 4) is 0 Å². The van der Waals surface area contributed by atoms with E-state index < -0.39 is 16.2 Å². The highest BCUT2D eigenvalue weighted by Gasteiger charge is 2.27. The Labute approximate surface area is 124 Å². The molecule has 1 heterocycles. The Morgan fingerprint density at radius 1 is 1.48 bits per heavy atom. The maximum atomic E-state index is 11.8. The second-order valence-electron chi connectivity index (χ2n) is 4.73. The van der Waals surface area contributed by atoms with Crippen molar-refractivity contribution in [1.82, 2.24) is 5.32 Å². The molecule has 1 aromatic rings. The molecule has 1 aliphatic heterocycles. The SMILES string of the molecule is CCOS(=O)(=O)CC1OCCc2cc(C(=O)NC)ccc21. The fraction of sp³-hybridized carbons (Fsp3) is 0.500. The highest BCUT2D eigenvalue weighted by atomic mass is 32.2. The van der Waals surface area contributed by atoms with E-state index >= 15 is 0 Å². The summed E-state index contributed by atoms with van der Waals surface area (Å²) >= 11 is 0. The van der Waals surface area contributed by atoms with Crippen molar-refractivity contribution in [2.75, 3.05) is 26.0 Å². The minimum absolute atomic E-state index is 0.109. The maximum absolute atomic E-state index is 11.8. The van der Waals surface area contributed by atoms with Crippen LogP contribution in [-0.2, 0) is 25.5 Å². The molecule has 0 aliphatic carbocycles. The number of nitrogens with one attached hydrogen (secondary N) is 1. The van der Waals surface area contributed by atoms with Gasteiger partial charge in [0, 0.05) is 12.6 Å². The lowest BCUT2D eigenvalue weighted by Gasteiger charge is -2.26. The molecule has 0 saturated carbocycles. The van der Waals surface area contributed by atoms with E-state index in [1.165, 1.54) is 0 Å². The average Bonchev–Trinajstić information content (AvgIpc) is 2.45. The third-order valence-electron chi connectivity index (χ3n) is 3.32. The van der Waals surface area contributed by atoms with Crippen LogP contribution in [0.5, 0.6) is 0 Å². The standard InChI is InChI=1S/C14H19NO5S/c1-3-20-21(17,18)9-13-12-5-4-11(14(16)15-2)8-10(12)6-7-19-13/h4-5,8,13H,3,6-7,9H2,1-2H3,(H,15,16). The number of carbonyl (C=O) groups excluding carboxylic acids is 1. The van der Waals surface area contributed by atoms with Gasteiger partial charge in [0.15, 0.2) is 0 Å². The Balaban J connectivity index is 2.26. The molecule has 0 radical (unpaired) electrons. The molecule has 0 saturated heterocycles.